The number of aryl methyl sites for hydroxylation is 1. The first kappa shape index (κ1) is 18.2. The lowest BCUT2D eigenvalue weighted by atomic mass is 10.0. The van der Waals surface area contributed by atoms with Crippen molar-refractivity contribution in [3.8, 4) is 0 Å². The lowest BCUT2D eigenvalue weighted by molar-refractivity contribution is 0.479. The van der Waals surface area contributed by atoms with E-state index in [4.69, 9.17) is 16.9 Å². The second-order valence-electron chi connectivity index (χ2n) is 5.56. The zero-order chi connectivity index (χ0) is 15.5. The van der Waals surface area contributed by atoms with Gasteiger partial charge in [-0.05, 0) is 19.3 Å². The van der Waals surface area contributed by atoms with Gasteiger partial charge in [0.05, 0.1) is 11.7 Å². The SMILES string of the molecule is CCCCCCCCC(CC)[N]c1ncnc(CC)c1Cl. The van der Waals surface area contributed by atoms with Crippen LogP contribution in [0.25, 0.3) is 0 Å². The number of aromatic nitrogens is 2. The molecule has 21 heavy (non-hydrogen) atoms. The molecule has 0 aliphatic heterocycles. The second kappa shape index (κ2) is 10.8. The Balaban J connectivity index is 2.40. The van der Waals surface area contributed by atoms with Crippen LogP contribution < -0.4 is 5.32 Å². The van der Waals surface area contributed by atoms with E-state index in [0.29, 0.717) is 16.9 Å². The number of unbranched alkanes of at least 4 members (excludes halogenated alkanes) is 5. The van der Waals surface area contributed by atoms with Gasteiger partial charge in [0.25, 0.3) is 0 Å². The van der Waals surface area contributed by atoms with E-state index < -0.39 is 0 Å². The molecule has 1 atom stereocenters. The standard InChI is InChI=1S/C17H29ClN3/c1-4-7-8-9-10-11-12-14(5-2)21-17-16(18)15(6-3)19-13-20-17/h13-14H,4-12H2,1-3H3. The largest absolute Gasteiger partial charge is 0.262 e. The van der Waals surface area contributed by atoms with Crippen molar-refractivity contribution in [2.24, 2.45) is 0 Å². The number of nitrogens with zero attached hydrogens (tertiary/aromatic N) is 3. The molecular formula is C17H29ClN3. The van der Waals surface area contributed by atoms with Gasteiger partial charge in [-0.15, -0.1) is 0 Å². The van der Waals surface area contributed by atoms with Gasteiger partial charge in [0.1, 0.15) is 11.3 Å². The first-order chi connectivity index (χ1) is 10.2. The van der Waals surface area contributed by atoms with E-state index in [1.165, 1.54) is 38.5 Å². The van der Waals surface area contributed by atoms with E-state index in [2.05, 4.69) is 23.8 Å². The van der Waals surface area contributed by atoms with Crippen LogP contribution in [-0.4, -0.2) is 16.0 Å². The maximum atomic E-state index is 6.31. The van der Waals surface area contributed by atoms with Crippen molar-refractivity contribution in [1.29, 1.82) is 0 Å². The quantitative estimate of drug-likeness (QED) is 0.509. The fourth-order valence-electron chi connectivity index (χ4n) is 2.43. The summed E-state index contributed by atoms with van der Waals surface area (Å²) in [7, 11) is 0. The summed E-state index contributed by atoms with van der Waals surface area (Å²) in [6, 6.07) is 0.327. The predicted octanol–water partition coefficient (Wildman–Crippen LogP) is 5.46. The van der Waals surface area contributed by atoms with Gasteiger partial charge < -0.3 is 0 Å². The molecule has 4 heteroatoms. The molecule has 0 aliphatic carbocycles. The lowest BCUT2D eigenvalue weighted by Crippen LogP contribution is -2.18. The minimum Gasteiger partial charge on any atom is -0.262 e. The topological polar surface area (TPSA) is 39.9 Å². The van der Waals surface area contributed by atoms with Gasteiger partial charge in [0.15, 0.2) is 5.82 Å². The van der Waals surface area contributed by atoms with Crippen molar-refractivity contribution in [3.63, 3.8) is 0 Å². The molecule has 0 aliphatic rings. The molecule has 119 valence electrons. The average molecular weight is 311 g/mol. The first-order valence-electron chi connectivity index (χ1n) is 8.43. The zero-order valence-electron chi connectivity index (χ0n) is 13.7. The molecular weight excluding hydrogens is 282 g/mol. The van der Waals surface area contributed by atoms with E-state index in [1.54, 1.807) is 6.33 Å². The highest BCUT2D eigenvalue weighted by molar-refractivity contribution is 6.33. The van der Waals surface area contributed by atoms with Crippen molar-refractivity contribution >= 4 is 17.4 Å². The number of halogens is 1. The summed E-state index contributed by atoms with van der Waals surface area (Å²) in [6.45, 7) is 6.48. The van der Waals surface area contributed by atoms with Crippen LogP contribution in [0, 0.1) is 0 Å². The Morgan fingerprint density at radius 3 is 2.43 bits per heavy atom. The number of rotatable bonds is 11. The average Bonchev–Trinajstić information content (AvgIpc) is 2.51. The van der Waals surface area contributed by atoms with E-state index in [-0.39, 0.29) is 0 Å². The number of hydrogen-bond donors (Lipinski definition) is 0. The smallest absolute Gasteiger partial charge is 0.170 e. The van der Waals surface area contributed by atoms with Crippen LogP contribution >= 0.6 is 11.6 Å². The third kappa shape index (κ3) is 6.64. The Kier molecular flexibility index (Phi) is 9.40. The molecule has 0 spiro atoms. The van der Waals surface area contributed by atoms with Crippen molar-refractivity contribution in [2.75, 3.05) is 0 Å². The normalized spacial score (nSPS) is 12.4. The molecule has 3 nitrogen and oxygen atoms in total. The van der Waals surface area contributed by atoms with Crippen molar-refractivity contribution < 1.29 is 0 Å². The second-order valence-corrected chi connectivity index (χ2v) is 5.94. The maximum Gasteiger partial charge on any atom is 0.170 e. The molecule has 0 fully saturated rings. The number of hydrogen-bond acceptors (Lipinski definition) is 2. The molecule has 1 unspecified atom stereocenters. The van der Waals surface area contributed by atoms with Gasteiger partial charge in [0.2, 0.25) is 0 Å². The Bertz CT molecular complexity index is 396. The Hall–Kier alpha value is -0.830. The lowest BCUT2D eigenvalue weighted by Gasteiger charge is -2.16. The van der Waals surface area contributed by atoms with Gasteiger partial charge >= 0.3 is 0 Å². The zero-order valence-corrected chi connectivity index (χ0v) is 14.5. The van der Waals surface area contributed by atoms with Crippen molar-refractivity contribution in [2.45, 2.75) is 84.6 Å². The third-order valence-electron chi connectivity index (χ3n) is 3.85. The van der Waals surface area contributed by atoms with Gasteiger partial charge in [-0.2, -0.15) is 0 Å². The summed E-state index contributed by atoms with van der Waals surface area (Å²) in [5, 5.41) is 5.36. The molecule has 0 bridgehead atoms. The van der Waals surface area contributed by atoms with E-state index in [0.717, 1.165) is 25.0 Å². The van der Waals surface area contributed by atoms with Crippen molar-refractivity contribution in [3.05, 3.63) is 17.0 Å². The van der Waals surface area contributed by atoms with Crippen LogP contribution in [0.5, 0.6) is 0 Å². The summed E-state index contributed by atoms with van der Waals surface area (Å²) < 4.78 is 0. The van der Waals surface area contributed by atoms with Gasteiger partial charge in [-0.1, -0.05) is 70.9 Å². The van der Waals surface area contributed by atoms with Gasteiger partial charge in [-0.25, -0.2) is 9.97 Å². The van der Waals surface area contributed by atoms with Gasteiger partial charge in [0, 0.05) is 0 Å². The molecule has 0 saturated heterocycles. The summed E-state index contributed by atoms with van der Waals surface area (Å²) in [5.41, 5.74) is 0.889. The predicted molar refractivity (Wildman–Crippen MR) is 90.3 cm³/mol. The summed E-state index contributed by atoms with van der Waals surface area (Å²) >= 11 is 6.31. The Morgan fingerprint density at radius 2 is 1.76 bits per heavy atom. The molecule has 1 aromatic heterocycles. The van der Waals surface area contributed by atoms with Gasteiger partial charge in [-0.3, -0.25) is 5.32 Å². The van der Waals surface area contributed by atoms with E-state index >= 15 is 0 Å². The Morgan fingerprint density at radius 1 is 1.05 bits per heavy atom. The monoisotopic (exact) mass is 310 g/mol. The Labute approximate surface area is 134 Å². The van der Waals surface area contributed by atoms with Crippen LogP contribution in [0.4, 0.5) is 5.82 Å². The molecule has 0 N–H and O–H groups in total. The summed E-state index contributed by atoms with van der Waals surface area (Å²) in [6.07, 6.45) is 12.5. The van der Waals surface area contributed by atoms with E-state index in [9.17, 15) is 0 Å². The molecule has 1 radical (unpaired) electrons. The van der Waals surface area contributed by atoms with Crippen LogP contribution in [0.2, 0.25) is 5.02 Å². The van der Waals surface area contributed by atoms with E-state index in [1.807, 2.05) is 6.92 Å². The molecule has 0 saturated carbocycles. The molecule has 0 aromatic carbocycles. The highest BCUT2D eigenvalue weighted by Crippen LogP contribution is 2.24. The minimum absolute atomic E-state index is 0.327. The highest BCUT2D eigenvalue weighted by Gasteiger charge is 2.14. The fourth-order valence-corrected chi connectivity index (χ4v) is 2.71. The van der Waals surface area contributed by atoms with Crippen LogP contribution in [0.15, 0.2) is 6.33 Å². The fraction of sp³-hybridized carbons (Fsp3) is 0.765. The molecule has 0 amide bonds. The third-order valence-corrected chi connectivity index (χ3v) is 4.23. The van der Waals surface area contributed by atoms with Crippen LogP contribution in [0.3, 0.4) is 0 Å². The summed E-state index contributed by atoms with van der Waals surface area (Å²) in [4.78, 5) is 8.43. The first-order valence-corrected chi connectivity index (χ1v) is 8.80. The molecule has 1 rings (SSSR count). The summed E-state index contributed by atoms with van der Waals surface area (Å²) in [5.74, 6) is 0.668. The molecule has 1 aromatic rings. The highest BCUT2D eigenvalue weighted by atomic mass is 35.5. The maximum absolute atomic E-state index is 6.31. The van der Waals surface area contributed by atoms with Crippen LogP contribution in [-0.2, 0) is 6.42 Å². The van der Waals surface area contributed by atoms with Crippen molar-refractivity contribution in [1.82, 2.24) is 15.3 Å². The van der Waals surface area contributed by atoms with Crippen LogP contribution in [0.1, 0.15) is 77.8 Å². The molecule has 1 heterocycles. The minimum atomic E-state index is 0.327.